The first-order valence-corrected chi connectivity index (χ1v) is 12.4. The molecule has 1 heterocycles. The molecule has 0 fully saturated rings. The summed E-state index contributed by atoms with van der Waals surface area (Å²) in [6.07, 6.45) is 1.18. The number of thiophene rings is 1. The Morgan fingerprint density at radius 3 is 2.56 bits per heavy atom. The fourth-order valence-electron chi connectivity index (χ4n) is 3.34. The van der Waals surface area contributed by atoms with E-state index >= 15 is 0 Å². The highest BCUT2D eigenvalue weighted by molar-refractivity contribution is 7.14. The molecule has 182 valence electrons. The summed E-state index contributed by atoms with van der Waals surface area (Å²) in [5, 5.41) is 20.3. The normalized spacial score (nSPS) is 10.9. The molecule has 3 aromatic rings. The predicted molar refractivity (Wildman–Crippen MR) is 139 cm³/mol. The molecule has 2 aromatic carbocycles. The number of carbonyl (C=O) groups excluding carboxylic acids is 2. The molecule has 1 aromatic heterocycles. The maximum Gasteiger partial charge on any atom is 0.348 e. The topological polar surface area (TPSA) is 100 Å². The van der Waals surface area contributed by atoms with Gasteiger partial charge in [0.2, 0.25) is 0 Å². The summed E-state index contributed by atoms with van der Waals surface area (Å²) in [6, 6.07) is 16.1. The van der Waals surface area contributed by atoms with Crippen molar-refractivity contribution in [2.45, 2.75) is 26.9 Å². The highest BCUT2D eigenvalue weighted by Gasteiger charge is 2.23. The summed E-state index contributed by atoms with van der Waals surface area (Å²) in [6.45, 7) is 3.68. The molecule has 0 spiro atoms. The first kappa shape index (κ1) is 27.0. The van der Waals surface area contributed by atoms with Crippen molar-refractivity contribution < 1.29 is 19.1 Å². The number of ether oxygens (including phenoxy) is 2. The fraction of sp³-hybridized carbons (Fsp3) is 0.185. The zero-order valence-electron chi connectivity index (χ0n) is 19.4. The molecule has 0 saturated carbocycles. The van der Waals surface area contributed by atoms with Gasteiger partial charge in [-0.25, -0.2) is 4.79 Å². The van der Waals surface area contributed by atoms with Crippen LogP contribution in [0.1, 0.15) is 43.7 Å². The van der Waals surface area contributed by atoms with Crippen molar-refractivity contribution in [1.29, 1.82) is 10.5 Å². The molecule has 0 N–H and O–H groups in total. The maximum atomic E-state index is 13.1. The minimum Gasteiger partial charge on any atom is -0.488 e. The van der Waals surface area contributed by atoms with E-state index in [2.05, 4.69) is 0 Å². The van der Waals surface area contributed by atoms with Gasteiger partial charge >= 0.3 is 5.97 Å². The van der Waals surface area contributed by atoms with Crippen LogP contribution < -0.4 is 4.74 Å². The molecular weight excluding hydrogens is 519 g/mol. The molecule has 9 heteroatoms. The molecule has 0 bridgehead atoms. The van der Waals surface area contributed by atoms with E-state index in [4.69, 9.17) is 32.7 Å². The number of Topliss-reactive ketones (excluding diaryl/α,β-unsaturated/α-hetero) is 1. The Morgan fingerprint density at radius 2 is 1.89 bits per heavy atom. The number of benzene rings is 2. The van der Waals surface area contributed by atoms with Crippen LogP contribution in [-0.2, 0) is 22.6 Å². The van der Waals surface area contributed by atoms with Gasteiger partial charge < -0.3 is 9.47 Å². The number of hydrogen-bond donors (Lipinski definition) is 0. The number of allylic oxidation sites excluding steroid dienone is 1. The van der Waals surface area contributed by atoms with Crippen LogP contribution in [0.25, 0.3) is 6.08 Å². The van der Waals surface area contributed by atoms with Crippen LogP contribution in [-0.4, -0.2) is 18.4 Å². The molecule has 6 nitrogen and oxygen atoms in total. The van der Waals surface area contributed by atoms with Crippen LogP contribution in [0, 0.1) is 29.6 Å². The summed E-state index contributed by atoms with van der Waals surface area (Å²) in [5.41, 5.74) is 1.76. The van der Waals surface area contributed by atoms with Crippen molar-refractivity contribution >= 4 is 52.4 Å². The number of hydrogen-bond acceptors (Lipinski definition) is 7. The van der Waals surface area contributed by atoms with E-state index in [1.807, 2.05) is 30.3 Å². The Bertz CT molecular complexity index is 1430. The van der Waals surface area contributed by atoms with Crippen molar-refractivity contribution in [2.24, 2.45) is 0 Å². The van der Waals surface area contributed by atoms with E-state index in [0.717, 1.165) is 16.9 Å². The smallest absolute Gasteiger partial charge is 0.348 e. The summed E-state index contributed by atoms with van der Waals surface area (Å²) in [4.78, 5) is 25.9. The molecular formula is C27H20Cl2N2O4S. The number of ketones is 1. The Hall–Kier alpha value is -3.62. The summed E-state index contributed by atoms with van der Waals surface area (Å²) in [5.74, 6) is -0.651. The maximum absolute atomic E-state index is 13.1. The van der Waals surface area contributed by atoms with Gasteiger partial charge in [-0.05, 0) is 49.8 Å². The van der Waals surface area contributed by atoms with Gasteiger partial charge in [0.05, 0.1) is 17.7 Å². The first-order valence-electron chi connectivity index (χ1n) is 10.8. The van der Waals surface area contributed by atoms with Crippen molar-refractivity contribution in [3.05, 3.63) is 90.1 Å². The molecule has 0 aliphatic heterocycles. The highest BCUT2D eigenvalue weighted by Crippen LogP contribution is 2.31. The molecule has 0 saturated heterocycles. The quantitative estimate of drug-likeness (QED) is 0.170. The minimum atomic E-state index is -0.550. The number of rotatable bonds is 9. The van der Waals surface area contributed by atoms with Crippen LogP contribution in [0.5, 0.6) is 5.75 Å². The van der Waals surface area contributed by atoms with Gasteiger partial charge in [-0.3, -0.25) is 4.79 Å². The lowest BCUT2D eigenvalue weighted by Crippen LogP contribution is -2.05. The monoisotopic (exact) mass is 538 g/mol. The number of nitriles is 2. The van der Waals surface area contributed by atoms with Gasteiger partial charge in [0.15, 0.2) is 5.78 Å². The molecule has 0 atom stereocenters. The lowest BCUT2D eigenvalue weighted by Gasteiger charge is -2.11. The molecule has 3 rings (SSSR count). The second kappa shape index (κ2) is 12.4. The molecule has 0 aliphatic carbocycles. The lowest BCUT2D eigenvalue weighted by atomic mass is 10.0. The van der Waals surface area contributed by atoms with Crippen molar-refractivity contribution in [3.8, 4) is 17.9 Å². The van der Waals surface area contributed by atoms with Crippen molar-refractivity contribution in [2.75, 3.05) is 6.61 Å². The zero-order chi connectivity index (χ0) is 26.2. The third-order valence-electron chi connectivity index (χ3n) is 5.15. The van der Waals surface area contributed by atoms with Gasteiger partial charge in [-0.15, -0.1) is 11.3 Å². The molecule has 0 unspecified atom stereocenters. The Kier molecular flexibility index (Phi) is 9.27. The van der Waals surface area contributed by atoms with Crippen molar-refractivity contribution in [1.82, 2.24) is 0 Å². The molecule has 0 aliphatic rings. The fourth-order valence-corrected chi connectivity index (χ4v) is 4.86. The largest absolute Gasteiger partial charge is 0.488 e. The molecule has 36 heavy (non-hydrogen) atoms. The van der Waals surface area contributed by atoms with Crippen LogP contribution >= 0.6 is 34.5 Å². The lowest BCUT2D eigenvalue weighted by molar-refractivity contribution is -0.114. The van der Waals surface area contributed by atoms with Crippen LogP contribution in [0.15, 0.2) is 48.0 Å². The van der Waals surface area contributed by atoms with E-state index in [1.54, 1.807) is 38.1 Å². The van der Waals surface area contributed by atoms with E-state index < -0.39 is 11.8 Å². The van der Waals surface area contributed by atoms with Crippen molar-refractivity contribution in [3.63, 3.8) is 0 Å². The van der Waals surface area contributed by atoms with Gasteiger partial charge in [0, 0.05) is 32.5 Å². The number of halogens is 2. The van der Waals surface area contributed by atoms with Crippen LogP contribution in [0.4, 0.5) is 0 Å². The van der Waals surface area contributed by atoms with Crippen LogP contribution in [0.2, 0.25) is 10.0 Å². The molecule has 0 amide bonds. The van der Waals surface area contributed by atoms with Crippen LogP contribution in [0.3, 0.4) is 0 Å². The third kappa shape index (κ3) is 6.33. The Morgan fingerprint density at radius 1 is 1.14 bits per heavy atom. The van der Waals surface area contributed by atoms with Gasteiger partial charge in [-0.1, -0.05) is 41.4 Å². The number of esters is 1. The average molecular weight is 539 g/mol. The second-order valence-corrected chi connectivity index (χ2v) is 9.47. The summed E-state index contributed by atoms with van der Waals surface area (Å²) >= 11 is 13.4. The Labute approximate surface area is 222 Å². The minimum absolute atomic E-state index is 0.146. The number of carbonyl (C=O) groups is 2. The highest BCUT2D eigenvalue weighted by atomic mass is 35.5. The predicted octanol–water partition coefficient (Wildman–Crippen LogP) is 6.71. The molecule has 0 radical (unpaired) electrons. The average Bonchev–Trinajstić information content (AvgIpc) is 3.17. The van der Waals surface area contributed by atoms with Gasteiger partial charge in [0.1, 0.15) is 29.4 Å². The second-order valence-electron chi connectivity index (χ2n) is 7.52. The number of nitrogens with zero attached hydrogens (tertiary/aromatic N) is 2. The third-order valence-corrected chi connectivity index (χ3v) is 7.02. The van der Waals surface area contributed by atoms with Gasteiger partial charge in [-0.2, -0.15) is 10.5 Å². The Balaban J connectivity index is 1.89. The van der Waals surface area contributed by atoms with E-state index in [0.29, 0.717) is 31.8 Å². The zero-order valence-corrected chi connectivity index (χ0v) is 21.8. The van der Waals surface area contributed by atoms with E-state index in [1.165, 1.54) is 6.08 Å². The summed E-state index contributed by atoms with van der Waals surface area (Å²) in [7, 11) is 0. The standard InChI is InChI=1S/C27H20Cl2N2O4S/c1-3-34-27(33)26-16(2)21(14-31)25(36-26)12-23(32)19(13-30)10-18-11-20(28)8-9-24(18)35-15-17-6-4-5-7-22(17)29/h4-11H,3,12,15H2,1-2H3/b19-10+. The SMILES string of the molecule is CCOC(=O)c1sc(CC(=O)/C(C#N)=C/c2cc(Cl)ccc2OCc2ccccc2Cl)c(C#N)c1C. The van der Waals surface area contributed by atoms with Gasteiger partial charge in [0.25, 0.3) is 0 Å². The summed E-state index contributed by atoms with van der Waals surface area (Å²) < 4.78 is 10.9. The van der Waals surface area contributed by atoms with E-state index in [9.17, 15) is 20.1 Å². The van der Waals surface area contributed by atoms with E-state index in [-0.39, 0.29) is 35.6 Å². The first-order chi connectivity index (χ1) is 17.3.